The Hall–Kier alpha value is -2.44. The van der Waals surface area contributed by atoms with Crippen molar-refractivity contribution in [1.29, 1.82) is 0 Å². The molecular weight excluding hydrogens is 800 g/mol. The van der Waals surface area contributed by atoms with Crippen LogP contribution in [0.5, 0.6) is 0 Å². The molecule has 30 heteroatoms. The molecule has 0 aliphatic rings. The van der Waals surface area contributed by atoms with Crippen molar-refractivity contribution in [2.45, 2.75) is 49.9 Å². The van der Waals surface area contributed by atoms with E-state index in [4.69, 9.17) is 22.9 Å². The van der Waals surface area contributed by atoms with Crippen LogP contribution in [-0.4, -0.2) is 144 Å². The topological polar surface area (TPSA) is 456 Å². The van der Waals surface area contributed by atoms with Crippen molar-refractivity contribution >= 4 is 71.1 Å². The maximum atomic E-state index is 12.7. The Morgan fingerprint density at radius 1 is 0.375 bits per heavy atom. The van der Waals surface area contributed by atoms with E-state index >= 15 is 0 Å². The van der Waals surface area contributed by atoms with Crippen LogP contribution in [0.2, 0.25) is 0 Å². The SMILES string of the molecule is NC(=O)CC(NC(=O)CN(CCN(CC(=O)NC(CC(N)=O)C(=O)[O-])CC(=O)NC(CC(N)=O)C(=O)[O-])CC(=O)NC(CC(N)=O)C(=O)[O-])C(=O)[O-].[Na+].[Na+].[Na+].[Na+]. The predicted octanol–water partition coefficient (Wildman–Crippen LogP) is -26.0. The normalized spacial score (nSPS) is 12.1. The van der Waals surface area contributed by atoms with E-state index in [9.17, 15) is 78.0 Å². The van der Waals surface area contributed by atoms with E-state index in [-0.39, 0.29) is 118 Å². The number of rotatable bonds is 27. The van der Waals surface area contributed by atoms with Gasteiger partial charge >= 0.3 is 118 Å². The zero-order chi connectivity index (χ0) is 40.3. The molecule has 0 saturated carbocycles. The van der Waals surface area contributed by atoms with Gasteiger partial charge in [0.25, 0.3) is 0 Å². The van der Waals surface area contributed by atoms with Gasteiger partial charge < -0.3 is 83.8 Å². The molecule has 26 nitrogen and oxygen atoms in total. The van der Waals surface area contributed by atoms with Gasteiger partial charge in [-0.3, -0.25) is 48.2 Å². The van der Waals surface area contributed by atoms with Crippen molar-refractivity contribution in [3.05, 3.63) is 0 Å². The van der Waals surface area contributed by atoms with Gasteiger partial charge in [0.1, 0.15) is 0 Å². The van der Waals surface area contributed by atoms with Crippen molar-refractivity contribution < 1.29 is 196 Å². The molecule has 56 heavy (non-hydrogen) atoms. The zero-order valence-corrected chi connectivity index (χ0v) is 39.1. The molecule has 0 spiro atoms. The van der Waals surface area contributed by atoms with Crippen LogP contribution in [0.1, 0.15) is 25.7 Å². The summed E-state index contributed by atoms with van der Waals surface area (Å²) in [6, 6.07) is -7.79. The summed E-state index contributed by atoms with van der Waals surface area (Å²) < 4.78 is 0. The van der Waals surface area contributed by atoms with Crippen LogP contribution in [-0.2, 0) is 57.5 Å². The molecule has 12 N–H and O–H groups in total. The molecule has 0 saturated heterocycles. The number of carbonyl (C=O) groups excluding carboxylic acids is 12. The van der Waals surface area contributed by atoms with Gasteiger partial charge in [0.2, 0.25) is 47.3 Å². The molecule has 0 aromatic heterocycles. The molecule has 4 atom stereocenters. The van der Waals surface area contributed by atoms with Crippen molar-refractivity contribution in [1.82, 2.24) is 31.1 Å². The molecule has 4 unspecified atom stereocenters. The number of amides is 8. The van der Waals surface area contributed by atoms with Gasteiger partial charge in [-0.05, 0) is 0 Å². The number of carbonyl (C=O) groups is 12. The third-order valence-electron chi connectivity index (χ3n) is 6.30. The average Bonchev–Trinajstić information content (AvgIpc) is 2.97. The minimum absolute atomic E-state index is 0. The second-order valence-electron chi connectivity index (χ2n) is 10.9. The van der Waals surface area contributed by atoms with Gasteiger partial charge in [0.05, 0.1) is 99.9 Å². The number of carboxylic acids is 4. The largest absolute Gasteiger partial charge is 1.00 e. The Bertz CT molecular complexity index is 1240. The standard InChI is InChI=1S/C26H40N10O16.4Na/c27-15(37)3-11(23(45)46)31-19(41)7-35(8-20(42)32-12(24(47)48)4-16(28)38)1-2-36(9-21(43)33-13(25(49)50)5-17(29)39)10-22(44)34-14(26(51)52)6-18(30)40;;;;/h11-14H,1-10H2,(H2,27,37)(H2,28,38)(H2,29,39)(H2,30,40)(H,31,41)(H,32,42)(H,33,43)(H,34,44)(H,45,46)(H,47,48)(H,49,50)(H,51,52);;;;/q;4*+1/p-4. The second kappa shape index (κ2) is 32.5. The molecular formula is C26H36N10Na4O16. The Morgan fingerprint density at radius 3 is 0.661 bits per heavy atom. The smallest absolute Gasteiger partial charge is 0.548 e. The zero-order valence-electron chi connectivity index (χ0n) is 31.1. The van der Waals surface area contributed by atoms with E-state index in [0.29, 0.717) is 0 Å². The van der Waals surface area contributed by atoms with Crippen molar-refractivity contribution in [2.24, 2.45) is 22.9 Å². The second-order valence-corrected chi connectivity index (χ2v) is 10.9. The van der Waals surface area contributed by atoms with Gasteiger partial charge in [0.15, 0.2) is 0 Å². The van der Waals surface area contributed by atoms with Gasteiger partial charge in [-0.25, -0.2) is 0 Å². The Labute approximate surface area is 406 Å². The van der Waals surface area contributed by atoms with Gasteiger partial charge in [-0.2, -0.15) is 0 Å². The van der Waals surface area contributed by atoms with Crippen LogP contribution < -0.4 is 183 Å². The summed E-state index contributed by atoms with van der Waals surface area (Å²) in [5, 5.41) is 53.0. The molecule has 0 aromatic carbocycles. The fourth-order valence-corrected chi connectivity index (χ4v) is 4.06. The molecule has 0 aliphatic heterocycles. The van der Waals surface area contributed by atoms with Crippen LogP contribution in [0.15, 0.2) is 0 Å². The summed E-state index contributed by atoms with van der Waals surface area (Å²) >= 11 is 0. The third kappa shape index (κ3) is 29.8. The molecule has 290 valence electrons. The fourth-order valence-electron chi connectivity index (χ4n) is 4.06. The Morgan fingerprint density at radius 2 is 0.536 bits per heavy atom. The van der Waals surface area contributed by atoms with E-state index in [1.165, 1.54) is 0 Å². The minimum atomic E-state index is -1.95. The fraction of sp³-hybridized carbons (Fsp3) is 0.538. The predicted molar refractivity (Wildman–Crippen MR) is 156 cm³/mol. The number of aliphatic carboxylic acids is 4. The first-order chi connectivity index (χ1) is 24.0. The van der Waals surface area contributed by atoms with Gasteiger partial charge in [0, 0.05) is 13.1 Å². The molecule has 0 heterocycles. The number of nitrogens with zero attached hydrogens (tertiary/aromatic N) is 2. The summed E-state index contributed by atoms with van der Waals surface area (Å²) in [5.74, 6) is -17.1. The summed E-state index contributed by atoms with van der Waals surface area (Å²) in [7, 11) is 0. The maximum absolute atomic E-state index is 12.7. The molecule has 0 fully saturated rings. The first-order valence-electron chi connectivity index (χ1n) is 14.6. The number of hydrogen-bond acceptors (Lipinski definition) is 18. The van der Waals surface area contributed by atoms with Crippen LogP contribution in [0.4, 0.5) is 0 Å². The minimum Gasteiger partial charge on any atom is -0.548 e. The van der Waals surface area contributed by atoms with Crippen LogP contribution >= 0.6 is 0 Å². The van der Waals surface area contributed by atoms with Gasteiger partial charge in [-0.15, -0.1) is 0 Å². The van der Waals surface area contributed by atoms with Crippen molar-refractivity contribution in [2.75, 3.05) is 39.3 Å². The number of hydrogen-bond donors (Lipinski definition) is 8. The summed E-state index contributed by atoms with van der Waals surface area (Å²) in [4.78, 5) is 143. The van der Waals surface area contributed by atoms with Crippen molar-refractivity contribution in [3.63, 3.8) is 0 Å². The number of nitrogens with two attached hydrogens (primary N) is 4. The molecule has 0 radical (unpaired) electrons. The monoisotopic (exact) mass is 836 g/mol. The quantitative estimate of drug-likeness (QED) is 0.0356. The van der Waals surface area contributed by atoms with Crippen LogP contribution in [0, 0.1) is 0 Å². The van der Waals surface area contributed by atoms with Crippen molar-refractivity contribution in [3.8, 4) is 0 Å². The molecule has 0 aromatic rings. The van der Waals surface area contributed by atoms with Gasteiger partial charge in [-0.1, -0.05) is 0 Å². The first-order valence-corrected chi connectivity index (χ1v) is 14.6. The Kier molecular flexibility index (Phi) is 36.4. The molecule has 0 rings (SSSR count). The number of nitrogens with one attached hydrogen (secondary N) is 4. The molecule has 8 amide bonds. The molecule has 0 bridgehead atoms. The van der Waals surface area contributed by atoms with Crippen LogP contribution in [0.25, 0.3) is 0 Å². The molecule has 0 aliphatic carbocycles. The number of primary amides is 4. The van der Waals surface area contributed by atoms with Crippen LogP contribution in [0.3, 0.4) is 0 Å². The summed E-state index contributed by atoms with van der Waals surface area (Å²) in [6.45, 7) is -4.85. The van der Waals surface area contributed by atoms with E-state index in [1.54, 1.807) is 0 Å². The summed E-state index contributed by atoms with van der Waals surface area (Å²) in [5.41, 5.74) is 19.8. The third-order valence-corrected chi connectivity index (χ3v) is 6.30. The van der Waals surface area contributed by atoms with E-state index in [0.717, 1.165) is 9.80 Å². The Balaban J connectivity index is -0.00000217. The maximum Gasteiger partial charge on any atom is 1.00 e. The van der Waals surface area contributed by atoms with E-state index < -0.39 is 160 Å². The number of carboxylic acid groups (broad SMARTS) is 4. The summed E-state index contributed by atoms with van der Waals surface area (Å²) in [6.07, 6.45) is -3.67. The van der Waals surface area contributed by atoms with E-state index in [2.05, 4.69) is 0 Å². The van der Waals surface area contributed by atoms with E-state index in [1.807, 2.05) is 21.3 Å². The first kappa shape index (κ1) is 62.7. The average molecular weight is 837 g/mol.